The number of amides is 2. The summed E-state index contributed by atoms with van der Waals surface area (Å²) in [7, 11) is 0. The molecule has 0 radical (unpaired) electrons. The zero-order valence-electron chi connectivity index (χ0n) is 15.1. The van der Waals surface area contributed by atoms with Crippen LogP contribution in [0.4, 0.5) is 0 Å². The monoisotopic (exact) mass is 351 g/mol. The summed E-state index contributed by atoms with van der Waals surface area (Å²) in [6, 6.07) is 11.4. The van der Waals surface area contributed by atoms with Crippen molar-refractivity contribution in [3.05, 3.63) is 65.0 Å². The largest absolute Gasteiger partial charge is 0.349 e. The highest BCUT2D eigenvalue weighted by Gasteiger charge is 2.18. The van der Waals surface area contributed by atoms with Gasteiger partial charge in [-0.2, -0.15) is 0 Å². The first-order chi connectivity index (χ1) is 12.6. The summed E-state index contributed by atoms with van der Waals surface area (Å²) >= 11 is 0. The first kappa shape index (κ1) is 18.1. The molecule has 5 heteroatoms. The molecule has 1 saturated carbocycles. The quantitative estimate of drug-likeness (QED) is 0.867. The predicted octanol–water partition coefficient (Wildman–Crippen LogP) is 3.38. The Bertz CT molecular complexity index is 782. The van der Waals surface area contributed by atoms with Crippen molar-refractivity contribution in [2.45, 2.75) is 51.6 Å². The summed E-state index contributed by atoms with van der Waals surface area (Å²) in [6.45, 7) is 2.45. The fourth-order valence-electron chi connectivity index (χ4n) is 3.31. The summed E-state index contributed by atoms with van der Waals surface area (Å²) in [5.74, 6) is -0.411. The molecule has 0 bridgehead atoms. The summed E-state index contributed by atoms with van der Waals surface area (Å²) in [6.07, 6.45) is 7.13. The first-order valence-electron chi connectivity index (χ1n) is 9.22. The van der Waals surface area contributed by atoms with Gasteiger partial charge in [-0.15, -0.1) is 0 Å². The topological polar surface area (TPSA) is 71.1 Å². The van der Waals surface area contributed by atoms with Gasteiger partial charge in [0.25, 0.3) is 11.8 Å². The highest BCUT2D eigenvalue weighted by molar-refractivity contribution is 5.98. The van der Waals surface area contributed by atoms with E-state index in [4.69, 9.17) is 0 Å². The van der Waals surface area contributed by atoms with Crippen LogP contribution < -0.4 is 10.6 Å². The Hall–Kier alpha value is -2.69. The van der Waals surface area contributed by atoms with Crippen LogP contribution in [-0.4, -0.2) is 22.8 Å². The Morgan fingerprint density at radius 2 is 1.88 bits per heavy atom. The molecule has 5 nitrogen and oxygen atoms in total. The predicted molar refractivity (Wildman–Crippen MR) is 101 cm³/mol. The van der Waals surface area contributed by atoms with Gasteiger partial charge in [0.05, 0.1) is 0 Å². The number of carbonyl (C=O) groups is 2. The van der Waals surface area contributed by atoms with Crippen LogP contribution in [0, 0.1) is 6.92 Å². The molecule has 1 heterocycles. The lowest BCUT2D eigenvalue weighted by Gasteiger charge is -2.22. The van der Waals surface area contributed by atoms with Crippen LogP contribution in [0.25, 0.3) is 0 Å². The molecule has 136 valence electrons. The number of nitrogens with one attached hydrogen (secondary N) is 2. The highest BCUT2D eigenvalue weighted by atomic mass is 16.2. The van der Waals surface area contributed by atoms with E-state index in [0.29, 0.717) is 12.1 Å². The number of benzene rings is 1. The number of hydrogen-bond acceptors (Lipinski definition) is 3. The second kappa shape index (κ2) is 8.61. The lowest BCUT2D eigenvalue weighted by molar-refractivity contribution is 0.0927. The minimum atomic E-state index is -0.279. The first-order valence-corrected chi connectivity index (χ1v) is 9.22. The van der Waals surface area contributed by atoms with E-state index in [1.54, 1.807) is 12.1 Å². The zero-order chi connectivity index (χ0) is 18.4. The van der Waals surface area contributed by atoms with Crippen molar-refractivity contribution in [3.8, 4) is 0 Å². The van der Waals surface area contributed by atoms with Gasteiger partial charge in [0.2, 0.25) is 0 Å². The van der Waals surface area contributed by atoms with Crippen LogP contribution in [0.15, 0.2) is 42.6 Å². The molecular weight excluding hydrogens is 326 g/mol. The Morgan fingerprint density at radius 3 is 2.65 bits per heavy atom. The zero-order valence-corrected chi connectivity index (χ0v) is 15.1. The van der Waals surface area contributed by atoms with Crippen molar-refractivity contribution in [2.24, 2.45) is 0 Å². The van der Waals surface area contributed by atoms with E-state index in [1.807, 2.05) is 31.2 Å². The van der Waals surface area contributed by atoms with E-state index in [-0.39, 0.29) is 23.6 Å². The molecule has 2 aromatic rings. The highest BCUT2D eigenvalue weighted by Crippen LogP contribution is 2.18. The van der Waals surface area contributed by atoms with E-state index < -0.39 is 0 Å². The van der Waals surface area contributed by atoms with Crippen molar-refractivity contribution in [3.63, 3.8) is 0 Å². The maximum atomic E-state index is 12.4. The molecule has 26 heavy (non-hydrogen) atoms. The molecule has 0 spiro atoms. The average molecular weight is 351 g/mol. The van der Waals surface area contributed by atoms with Gasteiger partial charge in [-0.05, 0) is 37.5 Å². The standard InChI is InChI=1S/C21H25N3O2/c1-15-6-5-7-16(12-15)14-23-21(26)19-13-17(10-11-22-19)20(25)24-18-8-3-2-4-9-18/h5-7,10-13,18H,2-4,8-9,14H2,1H3,(H,23,26)(H,24,25). The van der Waals surface area contributed by atoms with Gasteiger partial charge in [-0.3, -0.25) is 14.6 Å². The molecular formula is C21H25N3O2. The fraction of sp³-hybridized carbons (Fsp3) is 0.381. The van der Waals surface area contributed by atoms with E-state index in [0.717, 1.165) is 36.8 Å². The number of carbonyl (C=O) groups excluding carboxylic acids is 2. The van der Waals surface area contributed by atoms with Crippen molar-refractivity contribution < 1.29 is 9.59 Å². The lowest BCUT2D eigenvalue weighted by atomic mass is 9.95. The molecule has 0 aliphatic heterocycles. The molecule has 1 aliphatic rings. The third kappa shape index (κ3) is 4.91. The molecule has 1 aromatic heterocycles. The maximum absolute atomic E-state index is 12.4. The van der Waals surface area contributed by atoms with Gasteiger partial charge in [0.15, 0.2) is 0 Å². The summed E-state index contributed by atoms with van der Waals surface area (Å²) in [5.41, 5.74) is 2.92. The van der Waals surface area contributed by atoms with Gasteiger partial charge >= 0.3 is 0 Å². The third-order valence-electron chi connectivity index (χ3n) is 4.73. The number of hydrogen-bond donors (Lipinski definition) is 2. The average Bonchev–Trinajstić information content (AvgIpc) is 2.67. The molecule has 0 atom stereocenters. The van der Waals surface area contributed by atoms with Crippen LogP contribution in [0.1, 0.15) is 64.1 Å². The van der Waals surface area contributed by atoms with Gasteiger partial charge in [-0.25, -0.2) is 0 Å². The Labute approximate surface area is 154 Å². The maximum Gasteiger partial charge on any atom is 0.270 e. The molecule has 0 saturated heterocycles. The molecule has 1 aliphatic carbocycles. The normalized spacial score (nSPS) is 14.7. The Kier molecular flexibility index (Phi) is 6.00. The third-order valence-corrected chi connectivity index (χ3v) is 4.73. The molecule has 0 unspecified atom stereocenters. The molecule has 3 rings (SSSR count). The molecule has 1 fully saturated rings. The van der Waals surface area contributed by atoms with E-state index in [9.17, 15) is 9.59 Å². The van der Waals surface area contributed by atoms with E-state index in [1.165, 1.54) is 12.6 Å². The van der Waals surface area contributed by atoms with Crippen LogP contribution >= 0.6 is 0 Å². The van der Waals surface area contributed by atoms with Crippen LogP contribution in [0.2, 0.25) is 0 Å². The fourth-order valence-corrected chi connectivity index (χ4v) is 3.31. The molecule has 1 aromatic carbocycles. The second-order valence-corrected chi connectivity index (χ2v) is 6.91. The number of rotatable bonds is 5. The molecule has 2 amide bonds. The molecule has 2 N–H and O–H groups in total. The number of aromatic nitrogens is 1. The minimum absolute atomic E-state index is 0.132. The lowest BCUT2D eigenvalue weighted by Crippen LogP contribution is -2.36. The SMILES string of the molecule is Cc1cccc(CNC(=O)c2cc(C(=O)NC3CCCCC3)ccn2)c1. The number of nitrogens with zero attached hydrogens (tertiary/aromatic N) is 1. The van der Waals surface area contributed by atoms with Gasteiger partial charge in [0, 0.05) is 24.3 Å². The Balaban J connectivity index is 1.60. The summed E-state index contributed by atoms with van der Waals surface area (Å²) < 4.78 is 0. The van der Waals surface area contributed by atoms with Crippen molar-refractivity contribution in [2.75, 3.05) is 0 Å². The second-order valence-electron chi connectivity index (χ2n) is 6.91. The number of aryl methyl sites for hydroxylation is 1. The van der Waals surface area contributed by atoms with Crippen molar-refractivity contribution in [1.29, 1.82) is 0 Å². The van der Waals surface area contributed by atoms with E-state index >= 15 is 0 Å². The van der Waals surface area contributed by atoms with Gasteiger partial charge in [-0.1, -0.05) is 49.1 Å². The smallest absolute Gasteiger partial charge is 0.270 e. The summed E-state index contributed by atoms with van der Waals surface area (Å²) in [4.78, 5) is 28.9. The van der Waals surface area contributed by atoms with Crippen LogP contribution in [0.5, 0.6) is 0 Å². The van der Waals surface area contributed by atoms with Crippen LogP contribution in [0.3, 0.4) is 0 Å². The van der Waals surface area contributed by atoms with Gasteiger partial charge in [0.1, 0.15) is 5.69 Å². The minimum Gasteiger partial charge on any atom is -0.349 e. The van der Waals surface area contributed by atoms with Gasteiger partial charge < -0.3 is 10.6 Å². The van der Waals surface area contributed by atoms with Crippen molar-refractivity contribution in [1.82, 2.24) is 15.6 Å². The Morgan fingerprint density at radius 1 is 1.08 bits per heavy atom. The summed E-state index contributed by atoms with van der Waals surface area (Å²) in [5, 5.41) is 5.92. The van der Waals surface area contributed by atoms with Crippen LogP contribution in [-0.2, 0) is 6.54 Å². The number of pyridine rings is 1. The van der Waals surface area contributed by atoms with E-state index in [2.05, 4.69) is 15.6 Å². The van der Waals surface area contributed by atoms with Crippen molar-refractivity contribution >= 4 is 11.8 Å².